The summed E-state index contributed by atoms with van der Waals surface area (Å²) in [7, 11) is 1.71. The van der Waals surface area contributed by atoms with Crippen LogP contribution in [0.15, 0.2) is 18.3 Å². The highest BCUT2D eigenvalue weighted by Crippen LogP contribution is 2.09. The number of hydrogen-bond donors (Lipinski definition) is 1. The van der Waals surface area contributed by atoms with Gasteiger partial charge in [0.1, 0.15) is 0 Å². The summed E-state index contributed by atoms with van der Waals surface area (Å²) in [5.74, 6) is 0.666. The second kappa shape index (κ2) is 5.14. The zero-order valence-electron chi connectivity index (χ0n) is 10.5. The fraction of sp³-hybridized carbons (Fsp3) is 0.500. The summed E-state index contributed by atoms with van der Waals surface area (Å²) in [4.78, 5) is 4.42. The summed E-state index contributed by atoms with van der Waals surface area (Å²) < 4.78 is 6.81. The standard InChI is InChI=1S/C12H18N4O/c1-9-4-6-16-11(8-9)14-12(15-16)13-10(2)5-7-17-3/h4,6,8,10H,5,7H2,1-3H3,(H,13,15). The van der Waals surface area contributed by atoms with Crippen molar-refractivity contribution in [3.05, 3.63) is 23.9 Å². The monoisotopic (exact) mass is 234 g/mol. The molecule has 0 saturated heterocycles. The number of anilines is 1. The SMILES string of the molecule is COCCC(C)Nc1nc2cc(C)ccn2n1. The van der Waals surface area contributed by atoms with E-state index in [0.717, 1.165) is 18.7 Å². The molecule has 2 aromatic rings. The van der Waals surface area contributed by atoms with Crippen LogP contribution in [0.3, 0.4) is 0 Å². The fourth-order valence-electron chi connectivity index (χ4n) is 1.63. The Morgan fingerprint density at radius 2 is 2.35 bits per heavy atom. The smallest absolute Gasteiger partial charge is 0.243 e. The van der Waals surface area contributed by atoms with Gasteiger partial charge >= 0.3 is 0 Å². The van der Waals surface area contributed by atoms with E-state index in [0.29, 0.717) is 12.0 Å². The lowest BCUT2D eigenvalue weighted by Crippen LogP contribution is -2.18. The zero-order chi connectivity index (χ0) is 12.3. The molecule has 0 aliphatic carbocycles. The molecule has 0 fully saturated rings. The third-order valence-electron chi connectivity index (χ3n) is 2.62. The Bertz CT molecular complexity index is 494. The number of rotatable bonds is 5. The molecule has 1 atom stereocenters. The fourth-order valence-corrected chi connectivity index (χ4v) is 1.63. The number of methoxy groups -OCH3 is 1. The van der Waals surface area contributed by atoms with E-state index < -0.39 is 0 Å². The lowest BCUT2D eigenvalue weighted by molar-refractivity contribution is 0.191. The number of fused-ring (bicyclic) bond motifs is 1. The van der Waals surface area contributed by atoms with Crippen molar-refractivity contribution >= 4 is 11.6 Å². The van der Waals surface area contributed by atoms with Gasteiger partial charge in [0.05, 0.1) is 0 Å². The number of hydrogen-bond acceptors (Lipinski definition) is 4. The second-order valence-corrected chi connectivity index (χ2v) is 4.27. The largest absolute Gasteiger partial charge is 0.385 e. The molecule has 0 aliphatic rings. The van der Waals surface area contributed by atoms with Gasteiger partial charge in [-0.05, 0) is 38.0 Å². The van der Waals surface area contributed by atoms with E-state index >= 15 is 0 Å². The number of ether oxygens (including phenoxy) is 1. The molecule has 0 aromatic carbocycles. The molecule has 2 aromatic heterocycles. The van der Waals surface area contributed by atoms with Gasteiger partial charge in [-0.15, -0.1) is 5.10 Å². The molecule has 17 heavy (non-hydrogen) atoms. The highest BCUT2D eigenvalue weighted by molar-refractivity contribution is 5.45. The molecule has 0 bridgehead atoms. The predicted molar refractivity (Wildman–Crippen MR) is 67.3 cm³/mol. The van der Waals surface area contributed by atoms with E-state index in [9.17, 15) is 0 Å². The first-order valence-electron chi connectivity index (χ1n) is 5.77. The van der Waals surface area contributed by atoms with Gasteiger partial charge in [-0.3, -0.25) is 0 Å². The molecule has 0 spiro atoms. The first-order valence-corrected chi connectivity index (χ1v) is 5.77. The molecule has 5 nitrogen and oxygen atoms in total. The highest BCUT2D eigenvalue weighted by Gasteiger charge is 2.07. The molecule has 2 rings (SSSR count). The van der Waals surface area contributed by atoms with Crippen LogP contribution < -0.4 is 5.32 Å². The minimum Gasteiger partial charge on any atom is -0.385 e. The Morgan fingerprint density at radius 1 is 1.53 bits per heavy atom. The van der Waals surface area contributed by atoms with Crippen LogP contribution in [-0.4, -0.2) is 34.4 Å². The van der Waals surface area contributed by atoms with E-state index in [2.05, 4.69) is 22.3 Å². The minimum atomic E-state index is 0.299. The molecule has 5 heteroatoms. The Hall–Kier alpha value is -1.62. The Morgan fingerprint density at radius 3 is 3.12 bits per heavy atom. The van der Waals surface area contributed by atoms with E-state index in [1.807, 2.05) is 25.3 Å². The maximum absolute atomic E-state index is 5.04. The maximum atomic E-state index is 5.04. The van der Waals surface area contributed by atoms with Crippen molar-refractivity contribution in [2.45, 2.75) is 26.3 Å². The normalized spacial score (nSPS) is 12.9. The lowest BCUT2D eigenvalue weighted by Gasteiger charge is -2.10. The third-order valence-corrected chi connectivity index (χ3v) is 2.62. The highest BCUT2D eigenvalue weighted by atomic mass is 16.5. The zero-order valence-corrected chi connectivity index (χ0v) is 10.5. The first kappa shape index (κ1) is 11.9. The molecular formula is C12H18N4O. The number of aryl methyl sites for hydroxylation is 1. The molecule has 2 heterocycles. The van der Waals surface area contributed by atoms with Crippen LogP contribution in [0.2, 0.25) is 0 Å². The van der Waals surface area contributed by atoms with Gasteiger partial charge in [-0.25, -0.2) is 4.52 Å². The summed E-state index contributed by atoms with van der Waals surface area (Å²) in [6.07, 6.45) is 2.85. The number of nitrogens with one attached hydrogen (secondary N) is 1. The van der Waals surface area contributed by atoms with Gasteiger partial charge in [-0.2, -0.15) is 4.98 Å². The molecule has 0 aliphatic heterocycles. The maximum Gasteiger partial charge on any atom is 0.243 e. The molecule has 92 valence electrons. The molecule has 0 saturated carbocycles. The Labute approximate surface area is 101 Å². The Kier molecular flexibility index (Phi) is 3.58. The van der Waals surface area contributed by atoms with E-state index in [4.69, 9.17) is 4.74 Å². The molecule has 1 N–H and O–H groups in total. The van der Waals surface area contributed by atoms with Crippen molar-refractivity contribution in [3.63, 3.8) is 0 Å². The topological polar surface area (TPSA) is 51.5 Å². The van der Waals surface area contributed by atoms with E-state index in [1.54, 1.807) is 11.6 Å². The first-order chi connectivity index (χ1) is 8.19. The van der Waals surface area contributed by atoms with Gasteiger partial charge in [-0.1, -0.05) is 0 Å². The van der Waals surface area contributed by atoms with Crippen molar-refractivity contribution in [1.29, 1.82) is 0 Å². The van der Waals surface area contributed by atoms with E-state index in [1.165, 1.54) is 5.56 Å². The van der Waals surface area contributed by atoms with E-state index in [-0.39, 0.29) is 0 Å². The second-order valence-electron chi connectivity index (χ2n) is 4.27. The molecule has 1 unspecified atom stereocenters. The summed E-state index contributed by atoms with van der Waals surface area (Å²) in [6.45, 7) is 4.87. The number of nitrogens with zero attached hydrogens (tertiary/aromatic N) is 3. The van der Waals surface area contributed by atoms with Crippen molar-refractivity contribution in [3.8, 4) is 0 Å². The average molecular weight is 234 g/mol. The van der Waals surface area contributed by atoms with Gasteiger partial charge in [0.15, 0.2) is 5.65 Å². The quantitative estimate of drug-likeness (QED) is 0.858. The average Bonchev–Trinajstić information content (AvgIpc) is 2.67. The van der Waals surface area contributed by atoms with Crippen LogP contribution in [0.5, 0.6) is 0 Å². The van der Waals surface area contributed by atoms with Gasteiger partial charge in [0.25, 0.3) is 0 Å². The summed E-state index contributed by atoms with van der Waals surface area (Å²) in [6, 6.07) is 4.33. The third kappa shape index (κ3) is 2.94. The van der Waals surface area contributed by atoms with Crippen LogP contribution in [-0.2, 0) is 4.74 Å². The summed E-state index contributed by atoms with van der Waals surface area (Å²) >= 11 is 0. The van der Waals surface area contributed by atoms with Gasteiger partial charge in [0, 0.05) is 26.0 Å². The summed E-state index contributed by atoms with van der Waals surface area (Å²) in [5.41, 5.74) is 2.05. The van der Waals surface area contributed by atoms with Gasteiger partial charge in [0.2, 0.25) is 5.95 Å². The van der Waals surface area contributed by atoms with Crippen molar-refractivity contribution in [2.24, 2.45) is 0 Å². The van der Waals surface area contributed by atoms with Crippen LogP contribution in [0, 0.1) is 6.92 Å². The van der Waals surface area contributed by atoms with Crippen molar-refractivity contribution in [2.75, 3.05) is 19.0 Å². The summed E-state index contributed by atoms with van der Waals surface area (Å²) in [5, 5.41) is 7.62. The lowest BCUT2D eigenvalue weighted by atomic mass is 10.2. The minimum absolute atomic E-state index is 0.299. The van der Waals surface area contributed by atoms with Crippen LogP contribution in [0.4, 0.5) is 5.95 Å². The van der Waals surface area contributed by atoms with Crippen LogP contribution in [0.25, 0.3) is 5.65 Å². The van der Waals surface area contributed by atoms with Crippen LogP contribution in [0.1, 0.15) is 18.9 Å². The van der Waals surface area contributed by atoms with Crippen molar-refractivity contribution in [1.82, 2.24) is 14.6 Å². The molecule has 0 amide bonds. The van der Waals surface area contributed by atoms with Crippen LogP contribution >= 0.6 is 0 Å². The number of aromatic nitrogens is 3. The predicted octanol–water partition coefficient (Wildman–Crippen LogP) is 1.87. The Balaban J connectivity index is 2.08. The van der Waals surface area contributed by atoms with Gasteiger partial charge < -0.3 is 10.1 Å². The number of pyridine rings is 1. The molecular weight excluding hydrogens is 216 g/mol. The van der Waals surface area contributed by atoms with Crippen molar-refractivity contribution < 1.29 is 4.74 Å². The molecule has 0 radical (unpaired) electrons.